The first-order chi connectivity index (χ1) is 10.4. The van der Waals surface area contributed by atoms with Crippen molar-refractivity contribution in [1.82, 2.24) is 0 Å². The molecule has 0 radical (unpaired) electrons. The molecule has 3 nitrogen and oxygen atoms in total. The summed E-state index contributed by atoms with van der Waals surface area (Å²) in [6, 6.07) is 0. The summed E-state index contributed by atoms with van der Waals surface area (Å²) >= 11 is 0. The monoisotopic (exact) mass is 304 g/mol. The van der Waals surface area contributed by atoms with Crippen LogP contribution in [0.25, 0.3) is 0 Å². The number of carbonyl (C=O) groups is 1. The maximum atomic E-state index is 12.7. The highest BCUT2D eigenvalue weighted by molar-refractivity contribution is 5.93. The SMILES string of the molecule is C=CCC1CC[C@@]2(C)C(=CC1=O)C1(C[C@@H]2C(C)C)OCCO1. The average molecular weight is 304 g/mol. The van der Waals surface area contributed by atoms with E-state index in [-0.39, 0.29) is 17.1 Å². The molecule has 22 heavy (non-hydrogen) atoms. The second kappa shape index (κ2) is 5.61. The minimum atomic E-state index is -0.636. The van der Waals surface area contributed by atoms with Crippen LogP contribution in [0.15, 0.2) is 24.3 Å². The number of carbonyl (C=O) groups excluding carboxylic acids is 1. The van der Waals surface area contributed by atoms with Crippen molar-refractivity contribution in [3.05, 3.63) is 24.3 Å². The van der Waals surface area contributed by atoms with Crippen LogP contribution in [-0.4, -0.2) is 24.8 Å². The molecule has 1 spiro atoms. The Hall–Kier alpha value is -0.930. The summed E-state index contributed by atoms with van der Waals surface area (Å²) in [5, 5.41) is 0. The Morgan fingerprint density at radius 1 is 1.41 bits per heavy atom. The van der Waals surface area contributed by atoms with E-state index in [1.54, 1.807) is 0 Å². The Morgan fingerprint density at radius 3 is 2.68 bits per heavy atom. The number of allylic oxidation sites excluding steroid dienone is 2. The van der Waals surface area contributed by atoms with Gasteiger partial charge in [0.15, 0.2) is 11.6 Å². The van der Waals surface area contributed by atoms with Gasteiger partial charge in [0.1, 0.15) is 0 Å². The van der Waals surface area contributed by atoms with E-state index in [0.717, 1.165) is 31.3 Å². The Balaban J connectivity index is 2.04. The van der Waals surface area contributed by atoms with Crippen molar-refractivity contribution in [1.29, 1.82) is 0 Å². The summed E-state index contributed by atoms with van der Waals surface area (Å²) in [5.41, 5.74) is 1.11. The summed E-state index contributed by atoms with van der Waals surface area (Å²) in [6.45, 7) is 11.9. The maximum absolute atomic E-state index is 12.7. The first-order valence-corrected chi connectivity index (χ1v) is 8.58. The van der Waals surface area contributed by atoms with Gasteiger partial charge in [0.05, 0.1) is 13.2 Å². The fraction of sp³-hybridized carbons (Fsp3) is 0.737. The van der Waals surface area contributed by atoms with Crippen molar-refractivity contribution in [2.45, 2.75) is 52.2 Å². The molecule has 0 amide bonds. The molecule has 3 heteroatoms. The number of fused-ring (bicyclic) bond motifs is 2. The van der Waals surface area contributed by atoms with E-state index in [1.165, 1.54) is 0 Å². The fourth-order valence-electron chi connectivity index (χ4n) is 4.87. The van der Waals surface area contributed by atoms with Crippen LogP contribution in [0.3, 0.4) is 0 Å². The van der Waals surface area contributed by atoms with Crippen LogP contribution in [0.2, 0.25) is 0 Å². The zero-order chi connectivity index (χ0) is 16.0. The van der Waals surface area contributed by atoms with Crippen molar-refractivity contribution in [2.24, 2.45) is 23.2 Å². The molecule has 3 aliphatic rings. The molecule has 122 valence electrons. The zero-order valence-corrected chi connectivity index (χ0v) is 14.1. The minimum Gasteiger partial charge on any atom is -0.344 e. The number of ether oxygens (including phenoxy) is 2. The highest BCUT2D eigenvalue weighted by Crippen LogP contribution is 2.61. The van der Waals surface area contributed by atoms with Crippen LogP contribution in [0.5, 0.6) is 0 Å². The van der Waals surface area contributed by atoms with Crippen molar-refractivity contribution >= 4 is 5.78 Å². The fourth-order valence-corrected chi connectivity index (χ4v) is 4.87. The van der Waals surface area contributed by atoms with Gasteiger partial charge in [-0.3, -0.25) is 4.79 Å². The minimum absolute atomic E-state index is 0.00405. The lowest BCUT2D eigenvalue weighted by Gasteiger charge is -2.35. The van der Waals surface area contributed by atoms with E-state index in [1.807, 2.05) is 12.2 Å². The Labute approximate surface area is 133 Å². The third-order valence-corrected chi connectivity index (χ3v) is 6.04. The van der Waals surface area contributed by atoms with Gasteiger partial charge >= 0.3 is 0 Å². The molecule has 3 rings (SSSR count). The van der Waals surface area contributed by atoms with E-state index in [2.05, 4.69) is 27.4 Å². The van der Waals surface area contributed by atoms with Gasteiger partial charge in [-0.05, 0) is 48.2 Å². The van der Waals surface area contributed by atoms with Gasteiger partial charge in [-0.25, -0.2) is 0 Å². The van der Waals surface area contributed by atoms with Crippen LogP contribution in [0.4, 0.5) is 0 Å². The molecule has 1 heterocycles. The Bertz CT molecular complexity index is 499. The van der Waals surface area contributed by atoms with Crippen LogP contribution < -0.4 is 0 Å². The third-order valence-electron chi connectivity index (χ3n) is 6.04. The Kier molecular flexibility index (Phi) is 4.07. The highest BCUT2D eigenvalue weighted by Gasteiger charge is 2.60. The number of rotatable bonds is 3. The number of hydrogen-bond donors (Lipinski definition) is 0. The summed E-state index contributed by atoms with van der Waals surface area (Å²) in [4.78, 5) is 12.7. The molecule has 1 saturated carbocycles. The molecule has 0 N–H and O–H groups in total. The van der Waals surface area contributed by atoms with Crippen LogP contribution in [0.1, 0.15) is 46.5 Å². The second-order valence-corrected chi connectivity index (χ2v) is 7.64. The normalized spacial score (nSPS) is 37.3. The molecule has 1 unspecified atom stereocenters. The van der Waals surface area contributed by atoms with Gasteiger partial charge < -0.3 is 9.47 Å². The summed E-state index contributed by atoms with van der Waals surface area (Å²) in [6.07, 6.45) is 7.34. The highest BCUT2D eigenvalue weighted by atomic mass is 16.7. The maximum Gasteiger partial charge on any atom is 0.192 e. The smallest absolute Gasteiger partial charge is 0.192 e. The Morgan fingerprint density at radius 2 is 2.09 bits per heavy atom. The number of ketones is 1. The summed E-state index contributed by atoms with van der Waals surface area (Å²) < 4.78 is 12.1. The lowest BCUT2D eigenvalue weighted by molar-refractivity contribution is -0.127. The van der Waals surface area contributed by atoms with Crippen LogP contribution in [0, 0.1) is 23.2 Å². The van der Waals surface area contributed by atoms with Crippen molar-refractivity contribution in [3.63, 3.8) is 0 Å². The molecule has 0 aromatic carbocycles. The molecule has 2 aliphatic carbocycles. The topological polar surface area (TPSA) is 35.5 Å². The van der Waals surface area contributed by atoms with Crippen molar-refractivity contribution in [3.8, 4) is 0 Å². The summed E-state index contributed by atoms with van der Waals surface area (Å²) in [7, 11) is 0. The lowest BCUT2D eigenvalue weighted by atomic mass is 9.69. The molecule has 0 bridgehead atoms. The second-order valence-electron chi connectivity index (χ2n) is 7.64. The molecule has 1 aliphatic heterocycles. The van der Waals surface area contributed by atoms with E-state index in [4.69, 9.17) is 9.47 Å². The molecular weight excluding hydrogens is 276 g/mol. The predicted octanol–water partition coefficient (Wildman–Crippen LogP) is 3.89. The largest absolute Gasteiger partial charge is 0.344 e. The van der Waals surface area contributed by atoms with Crippen molar-refractivity contribution < 1.29 is 14.3 Å². The van der Waals surface area contributed by atoms with Crippen LogP contribution >= 0.6 is 0 Å². The molecule has 2 fully saturated rings. The van der Waals surface area contributed by atoms with Crippen molar-refractivity contribution in [2.75, 3.05) is 13.2 Å². The molecule has 1 saturated heterocycles. The van der Waals surface area contributed by atoms with Crippen LogP contribution in [-0.2, 0) is 14.3 Å². The van der Waals surface area contributed by atoms with Gasteiger partial charge in [0.25, 0.3) is 0 Å². The third kappa shape index (κ3) is 2.30. The van der Waals surface area contributed by atoms with E-state index < -0.39 is 5.79 Å². The molecule has 0 aromatic rings. The van der Waals surface area contributed by atoms with E-state index in [0.29, 0.717) is 25.0 Å². The quantitative estimate of drug-likeness (QED) is 0.742. The van der Waals surface area contributed by atoms with Gasteiger partial charge in [-0.2, -0.15) is 0 Å². The predicted molar refractivity (Wildman–Crippen MR) is 86.3 cm³/mol. The van der Waals surface area contributed by atoms with Gasteiger partial charge in [-0.1, -0.05) is 26.8 Å². The standard InChI is InChI=1S/C19H28O3/c1-5-6-14-7-8-18(4)15(13(2)3)12-19(21-9-10-22-19)17(18)11-16(14)20/h5,11,13-15H,1,6-10,12H2,2-4H3/t14?,15-,18-/m1/s1. The van der Waals surface area contributed by atoms with Gasteiger partial charge in [0.2, 0.25) is 0 Å². The zero-order valence-electron chi connectivity index (χ0n) is 14.1. The van der Waals surface area contributed by atoms with Gasteiger partial charge in [-0.15, -0.1) is 6.58 Å². The first-order valence-electron chi connectivity index (χ1n) is 8.58. The molecular formula is C19H28O3. The van der Waals surface area contributed by atoms with E-state index in [9.17, 15) is 4.79 Å². The van der Waals surface area contributed by atoms with Gasteiger partial charge in [0, 0.05) is 12.3 Å². The summed E-state index contributed by atoms with van der Waals surface area (Å²) in [5.74, 6) is 0.696. The molecule has 0 aromatic heterocycles. The number of hydrogen-bond acceptors (Lipinski definition) is 3. The lowest BCUT2D eigenvalue weighted by Crippen LogP contribution is -2.32. The van der Waals surface area contributed by atoms with E-state index >= 15 is 0 Å². The first kappa shape index (κ1) is 15.9. The molecule has 3 atom stereocenters. The average Bonchev–Trinajstić information content (AvgIpc) is 2.99.